The fourth-order valence-electron chi connectivity index (χ4n) is 2.73. The molecule has 134 valence electrons. The summed E-state index contributed by atoms with van der Waals surface area (Å²) in [7, 11) is 0. The summed E-state index contributed by atoms with van der Waals surface area (Å²) in [5.74, 6) is 0.486. The van der Waals surface area contributed by atoms with Gasteiger partial charge in [0.25, 0.3) is 0 Å². The predicted molar refractivity (Wildman–Crippen MR) is 107 cm³/mol. The van der Waals surface area contributed by atoms with Crippen LogP contribution in [0.15, 0.2) is 59.9 Å². The number of hydrogen-bond acceptors (Lipinski definition) is 4. The first-order valence-electron chi connectivity index (χ1n) is 8.17. The molecule has 4 rings (SSSR count). The van der Waals surface area contributed by atoms with E-state index in [4.69, 9.17) is 23.2 Å². The van der Waals surface area contributed by atoms with Crippen LogP contribution in [0.5, 0.6) is 0 Å². The van der Waals surface area contributed by atoms with Crippen molar-refractivity contribution in [3.05, 3.63) is 82.0 Å². The fraction of sp³-hybridized carbons (Fsp3) is 0.0500. The second-order valence-electron chi connectivity index (χ2n) is 5.88. The van der Waals surface area contributed by atoms with E-state index in [0.717, 1.165) is 11.3 Å². The van der Waals surface area contributed by atoms with Crippen molar-refractivity contribution in [1.29, 1.82) is 0 Å². The van der Waals surface area contributed by atoms with Gasteiger partial charge in [-0.2, -0.15) is 0 Å². The number of aromatic nitrogens is 3. The maximum absolute atomic E-state index is 14.3. The van der Waals surface area contributed by atoms with Crippen molar-refractivity contribution in [2.75, 3.05) is 5.32 Å². The quantitative estimate of drug-likeness (QED) is 0.608. The van der Waals surface area contributed by atoms with Crippen molar-refractivity contribution < 1.29 is 4.39 Å². The second-order valence-corrected chi connectivity index (χ2v) is 6.76. The molecule has 0 atom stereocenters. The molecule has 0 spiro atoms. The molecular formula is C20H13Cl2FN4. The third kappa shape index (κ3) is 3.84. The van der Waals surface area contributed by atoms with Crippen molar-refractivity contribution in [3.63, 3.8) is 0 Å². The van der Waals surface area contributed by atoms with Crippen LogP contribution in [0.2, 0.25) is 5.02 Å². The number of rotatable bonds is 3. The van der Waals surface area contributed by atoms with E-state index >= 15 is 0 Å². The van der Waals surface area contributed by atoms with Crippen LogP contribution >= 0.6 is 23.2 Å². The van der Waals surface area contributed by atoms with Crippen LogP contribution in [-0.4, -0.2) is 15.0 Å². The predicted octanol–water partition coefficient (Wildman–Crippen LogP) is 5.77. The van der Waals surface area contributed by atoms with Crippen LogP contribution in [0.4, 0.5) is 15.9 Å². The SMILES string of the molecule is Fc1cc(Cl)ccc1Nc1nc(-c2cccnc2)nc2c1C=C(Cl)C=CC2. The molecule has 1 aliphatic rings. The molecule has 27 heavy (non-hydrogen) atoms. The number of nitrogens with zero attached hydrogens (tertiary/aromatic N) is 3. The van der Waals surface area contributed by atoms with Crippen LogP contribution in [0.25, 0.3) is 17.5 Å². The number of halogens is 3. The number of allylic oxidation sites excluding steroid dienone is 3. The largest absolute Gasteiger partial charge is 0.337 e. The zero-order valence-electron chi connectivity index (χ0n) is 14.0. The van der Waals surface area contributed by atoms with Crippen LogP contribution in [0.3, 0.4) is 0 Å². The van der Waals surface area contributed by atoms with Gasteiger partial charge in [-0.3, -0.25) is 4.98 Å². The lowest BCUT2D eigenvalue weighted by atomic mass is 10.1. The summed E-state index contributed by atoms with van der Waals surface area (Å²) in [4.78, 5) is 13.4. The molecule has 1 aliphatic carbocycles. The molecule has 0 amide bonds. The van der Waals surface area contributed by atoms with Gasteiger partial charge in [-0.1, -0.05) is 29.3 Å². The summed E-state index contributed by atoms with van der Waals surface area (Å²) in [5.41, 5.74) is 2.53. The standard InChI is InChI=1S/C20H13Cl2FN4/c21-13-4-1-5-17-15(9-13)20(26-18-7-6-14(22)10-16(18)23)27-19(25-17)12-3-2-8-24-11-12/h1-4,6-11H,5H2,(H,25,26,27). The lowest BCUT2D eigenvalue weighted by molar-refractivity contribution is 0.632. The Bertz CT molecular complexity index is 1070. The summed E-state index contributed by atoms with van der Waals surface area (Å²) in [6.45, 7) is 0. The summed E-state index contributed by atoms with van der Waals surface area (Å²) in [6, 6.07) is 8.11. The van der Waals surface area contributed by atoms with E-state index in [1.165, 1.54) is 6.07 Å². The van der Waals surface area contributed by atoms with E-state index in [0.29, 0.717) is 33.7 Å². The highest BCUT2D eigenvalue weighted by Gasteiger charge is 2.17. The highest BCUT2D eigenvalue weighted by atomic mass is 35.5. The lowest BCUT2D eigenvalue weighted by Crippen LogP contribution is -2.06. The molecule has 2 heterocycles. The van der Waals surface area contributed by atoms with Gasteiger partial charge in [0.05, 0.1) is 11.4 Å². The lowest BCUT2D eigenvalue weighted by Gasteiger charge is -2.14. The highest BCUT2D eigenvalue weighted by Crippen LogP contribution is 2.31. The molecule has 3 aromatic rings. The Labute approximate surface area is 165 Å². The molecule has 0 unspecified atom stereocenters. The van der Waals surface area contributed by atoms with Gasteiger partial charge in [0, 0.05) is 40.0 Å². The van der Waals surface area contributed by atoms with Gasteiger partial charge in [0.15, 0.2) is 5.82 Å². The molecule has 1 aromatic carbocycles. The minimum Gasteiger partial charge on any atom is -0.337 e. The maximum Gasteiger partial charge on any atom is 0.163 e. The second kappa shape index (κ2) is 7.47. The Morgan fingerprint density at radius 1 is 1.11 bits per heavy atom. The molecule has 1 N–H and O–H groups in total. The summed E-state index contributed by atoms with van der Waals surface area (Å²) in [5, 5.41) is 3.92. The summed E-state index contributed by atoms with van der Waals surface area (Å²) >= 11 is 12.1. The number of anilines is 2. The van der Waals surface area contributed by atoms with Crippen molar-refractivity contribution in [2.45, 2.75) is 6.42 Å². The van der Waals surface area contributed by atoms with Gasteiger partial charge in [-0.25, -0.2) is 14.4 Å². The van der Waals surface area contributed by atoms with E-state index < -0.39 is 5.82 Å². The maximum atomic E-state index is 14.3. The topological polar surface area (TPSA) is 50.7 Å². The average Bonchev–Trinajstić information content (AvgIpc) is 2.85. The molecule has 0 saturated heterocycles. The van der Waals surface area contributed by atoms with Crippen molar-refractivity contribution in [2.24, 2.45) is 0 Å². The zero-order valence-corrected chi connectivity index (χ0v) is 15.5. The highest BCUT2D eigenvalue weighted by molar-refractivity contribution is 6.33. The van der Waals surface area contributed by atoms with Crippen molar-refractivity contribution >= 4 is 40.8 Å². The minimum absolute atomic E-state index is 0.263. The Morgan fingerprint density at radius 2 is 2.00 bits per heavy atom. The van der Waals surface area contributed by atoms with E-state index in [9.17, 15) is 4.39 Å². The Kier molecular flexibility index (Phi) is 4.88. The van der Waals surface area contributed by atoms with Gasteiger partial charge < -0.3 is 5.32 Å². The molecule has 0 radical (unpaired) electrons. The van der Waals surface area contributed by atoms with Gasteiger partial charge >= 0.3 is 0 Å². The van der Waals surface area contributed by atoms with Crippen molar-refractivity contribution in [1.82, 2.24) is 15.0 Å². The molecule has 0 saturated carbocycles. The first kappa shape index (κ1) is 17.6. The van der Waals surface area contributed by atoms with E-state index in [-0.39, 0.29) is 5.69 Å². The fourth-order valence-corrected chi connectivity index (χ4v) is 3.09. The van der Waals surface area contributed by atoms with E-state index in [1.54, 1.807) is 36.7 Å². The molecule has 0 fully saturated rings. The van der Waals surface area contributed by atoms with Crippen LogP contribution < -0.4 is 5.32 Å². The van der Waals surface area contributed by atoms with Gasteiger partial charge in [0.2, 0.25) is 0 Å². The zero-order chi connectivity index (χ0) is 18.8. The molecule has 4 nitrogen and oxygen atoms in total. The first-order chi connectivity index (χ1) is 13.1. The number of benzene rings is 1. The minimum atomic E-state index is -0.473. The number of hydrogen-bond donors (Lipinski definition) is 1. The third-order valence-electron chi connectivity index (χ3n) is 4.00. The van der Waals surface area contributed by atoms with Gasteiger partial charge in [0.1, 0.15) is 11.6 Å². The van der Waals surface area contributed by atoms with Gasteiger partial charge in [-0.15, -0.1) is 0 Å². The Morgan fingerprint density at radius 3 is 2.78 bits per heavy atom. The Balaban J connectivity index is 1.86. The van der Waals surface area contributed by atoms with Crippen molar-refractivity contribution in [3.8, 4) is 11.4 Å². The van der Waals surface area contributed by atoms with E-state index in [1.807, 2.05) is 18.2 Å². The average molecular weight is 399 g/mol. The molecule has 0 aliphatic heterocycles. The van der Waals surface area contributed by atoms with Crippen LogP contribution in [-0.2, 0) is 6.42 Å². The molecular weight excluding hydrogens is 386 g/mol. The molecule has 7 heteroatoms. The summed E-state index contributed by atoms with van der Waals surface area (Å²) in [6.07, 6.45) is 9.44. The number of nitrogens with one attached hydrogen (secondary N) is 1. The molecule has 2 aromatic heterocycles. The van der Waals surface area contributed by atoms with Crippen LogP contribution in [0, 0.1) is 5.82 Å². The smallest absolute Gasteiger partial charge is 0.163 e. The van der Waals surface area contributed by atoms with Gasteiger partial charge in [-0.05, 0) is 42.5 Å². The number of pyridine rings is 1. The molecule has 0 bridgehead atoms. The van der Waals surface area contributed by atoms with E-state index in [2.05, 4.69) is 20.3 Å². The number of fused-ring (bicyclic) bond motifs is 1. The van der Waals surface area contributed by atoms with Crippen LogP contribution in [0.1, 0.15) is 11.3 Å². The monoisotopic (exact) mass is 398 g/mol. The summed E-state index contributed by atoms with van der Waals surface area (Å²) < 4.78 is 14.3. The normalized spacial score (nSPS) is 12.9. The first-order valence-corrected chi connectivity index (χ1v) is 8.93. The Hall–Kier alpha value is -2.76. The third-order valence-corrected chi connectivity index (χ3v) is 4.47.